The van der Waals surface area contributed by atoms with Crippen LogP contribution >= 0.6 is 0 Å². The largest absolute Gasteiger partial charge is 0.318 e. The van der Waals surface area contributed by atoms with Crippen molar-refractivity contribution in [3.05, 3.63) is 47.5 Å². The highest BCUT2D eigenvalue weighted by atomic mass is 16.2. The summed E-state index contributed by atoms with van der Waals surface area (Å²) in [7, 11) is 1.82. The van der Waals surface area contributed by atoms with Gasteiger partial charge in [0.25, 0.3) is 5.91 Å². The number of carbonyl (C=O) groups is 1. The number of hydrazine groups is 1. The molecule has 1 amide bonds. The molecule has 6 rings (SSSR count). The van der Waals surface area contributed by atoms with Crippen LogP contribution in [0.1, 0.15) is 60.3 Å². The quantitative estimate of drug-likeness (QED) is 0.495. The third-order valence-electron chi connectivity index (χ3n) is 8.00. The fourth-order valence-electron chi connectivity index (χ4n) is 5.88. The molecular weight excluding hydrogens is 466 g/mol. The number of hydrogen-bond acceptors (Lipinski definition) is 8. The molecule has 0 unspecified atom stereocenters. The normalized spacial score (nSPS) is 19.2. The number of nitrogens with zero attached hydrogens (tertiary/aromatic N) is 8. The summed E-state index contributed by atoms with van der Waals surface area (Å²) >= 11 is 0. The van der Waals surface area contributed by atoms with E-state index in [0.717, 1.165) is 45.3 Å². The zero-order chi connectivity index (χ0) is 25.4. The van der Waals surface area contributed by atoms with Crippen molar-refractivity contribution in [1.82, 2.24) is 34.3 Å². The highest BCUT2D eigenvalue weighted by Crippen LogP contribution is 2.28. The predicted octanol–water partition coefficient (Wildman–Crippen LogP) is 2.93. The van der Waals surface area contributed by atoms with Gasteiger partial charge in [0, 0.05) is 38.3 Å². The zero-order valence-corrected chi connectivity index (χ0v) is 21.3. The van der Waals surface area contributed by atoms with Crippen LogP contribution in [0.4, 0.5) is 5.82 Å². The Morgan fingerprint density at radius 3 is 2.54 bits per heavy atom. The van der Waals surface area contributed by atoms with Gasteiger partial charge in [0.2, 0.25) is 5.82 Å². The number of rotatable bonds is 7. The summed E-state index contributed by atoms with van der Waals surface area (Å²) in [6.07, 6.45) is 8.31. The summed E-state index contributed by atoms with van der Waals surface area (Å²) in [5.41, 5.74) is 6.18. The van der Waals surface area contributed by atoms with Crippen LogP contribution in [0.15, 0.2) is 30.6 Å². The monoisotopic (exact) mass is 499 g/mol. The van der Waals surface area contributed by atoms with Crippen molar-refractivity contribution in [3.8, 4) is 6.07 Å². The Labute approximate surface area is 216 Å². The fraction of sp³-hybridized carbons (Fsp3) is 0.519. The van der Waals surface area contributed by atoms with Gasteiger partial charge in [-0.3, -0.25) is 20.0 Å². The van der Waals surface area contributed by atoms with E-state index in [1.54, 1.807) is 15.9 Å². The molecule has 4 heterocycles. The smallest absolute Gasteiger partial charge is 0.272 e. The Morgan fingerprint density at radius 2 is 1.84 bits per heavy atom. The summed E-state index contributed by atoms with van der Waals surface area (Å²) in [6, 6.07) is 10.8. The summed E-state index contributed by atoms with van der Waals surface area (Å²) in [6.45, 7) is 5.68. The van der Waals surface area contributed by atoms with Crippen molar-refractivity contribution in [2.75, 3.05) is 31.6 Å². The van der Waals surface area contributed by atoms with Crippen molar-refractivity contribution in [1.29, 1.82) is 5.26 Å². The molecule has 0 bridgehead atoms. The molecule has 1 aliphatic carbocycles. The number of benzene rings is 1. The second kappa shape index (κ2) is 10.1. The number of nitriles is 1. The van der Waals surface area contributed by atoms with Gasteiger partial charge >= 0.3 is 0 Å². The molecule has 2 saturated heterocycles. The van der Waals surface area contributed by atoms with Gasteiger partial charge in [-0.25, -0.2) is 9.99 Å². The number of nitrogens with one attached hydrogen (secondary N) is 1. The van der Waals surface area contributed by atoms with Crippen molar-refractivity contribution >= 4 is 22.9 Å². The SMILES string of the molecule is Cn1cnc2c(NN(C(=O)c3ccc(CN4CC(N5CCCC5)C4)cc3)C3CCCC3)nc(C#N)nc21. The van der Waals surface area contributed by atoms with Crippen LogP contribution in [-0.4, -0.2) is 78.5 Å². The molecular formula is C27H33N9O. The van der Waals surface area contributed by atoms with Crippen LogP contribution in [0.5, 0.6) is 0 Å². The molecule has 2 aromatic heterocycles. The second-order valence-electron chi connectivity index (χ2n) is 10.5. The average Bonchev–Trinajstić information content (AvgIpc) is 3.68. The molecule has 3 aliphatic rings. The van der Waals surface area contributed by atoms with Crippen molar-refractivity contribution in [2.45, 2.75) is 57.2 Å². The average molecular weight is 500 g/mol. The first-order valence-corrected chi connectivity index (χ1v) is 13.3. The number of anilines is 1. The van der Waals surface area contributed by atoms with E-state index in [0.29, 0.717) is 28.6 Å². The van der Waals surface area contributed by atoms with Crippen LogP contribution in [0.3, 0.4) is 0 Å². The Bertz CT molecular complexity index is 1310. The number of amides is 1. The highest BCUT2D eigenvalue weighted by Gasteiger charge is 2.33. The standard InChI is InChI=1S/C27H33N9O/c1-33-18-29-24-25(30-23(14-28)31-26(24)33)32-36(21-6-2-3-7-21)27(37)20-10-8-19(9-11-20)15-34-16-22(17-34)35-12-4-5-13-35/h8-11,18,21-22H,2-7,12-13,15-17H2,1H3,(H,30,31,32). The Morgan fingerprint density at radius 1 is 1.11 bits per heavy atom. The van der Waals surface area contributed by atoms with Gasteiger partial charge in [-0.05, 0) is 56.5 Å². The molecule has 10 heteroatoms. The minimum Gasteiger partial charge on any atom is -0.318 e. The Hall–Kier alpha value is -3.55. The molecule has 1 aromatic carbocycles. The molecule has 3 aromatic rings. The fourth-order valence-corrected chi connectivity index (χ4v) is 5.88. The number of carbonyl (C=O) groups excluding carboxylic acids is 1. The van der Waals surface area contributed by atoms with E-state index < -0.39 is 0 Å². The minimum absolute atomic E-state index is 0.0414. The number of likely N-dealkylation sites (tertiary alicyclic amines) is 2. The van der Waals surface area contributed by atoms with E-state index in [-0.39, 0.29) is 17.8 Å². The van der Waals surface area contributed by atoms with Gasteiger partial charge in [-0.15, -0.1) is 0 Å². The maximum atomic E-state index is 13.7. The minimum atomic E-state index is -0.0994. The maximum Gasteiger partial charge on any atom is 0.272 e. The molecule has 0 spiro atoms. The molecule has 1 saturated carbocycles. The lowest BCUT2D eigenvalue weighted by Gasteiger charge is -2.44. The number of aromatic nitrogens is 4. The van der Waals surface area contributed by atoms with E-state index in [1.165, 1.54) is 31.5 Å². The van der Waals surface area contributed by atoms with E-state index in [4.69, 9.17) is 0 Å². The lowest BCUT2D eigenvalue weighted by Crippen LogP contribution is -2.58. The molecule has 0 atom stereocenters. The molecule has 2 aliphatic heterocycles. The van der Waals surface area contributed by atoms with Crippen molar-refractivity contribution in [2.24, 2.45) is 7.05 Å². The molecule has 3 fully saturated rings. The topological polar surface area (TPSA) is 106 Å². The second-order valence-corrected chi connectivity index (χ2v) is 10.5. The summed E-state index contributed by atoms with van der Waals surface area (Å²) < 4.78 is 1.75. The first kappa shape index (κ1) is 23.8. The van der Waals surface area contributed by atoms with E-state index >= 15 is 0 Å². The van der Waals surface area contributed by atoms with E-state index in [1.807, 2.05) is 25.2 Å². The van der Waals surface area contributed by atoms with Crippen molar-refractivity contribution < 1.29 is 4.79 Å². The van der Waals surface area contributed by atoms with Gasteiger partial charge < -0.3 is 4.57 Å². The summed E-state index contributed by atoms with van der Waals surface area (Å²) in [4.78, 5) is 31.9. The van der Waals surface area contributed by atoms with Crippen LogP contribution in [-0.2, 0) is 13.6 Å². The molecule has 10 nitrogen and oxygen atoms in total. The summed E-state index contributed by atoms with van der Waals surface area (Å²) in [5, 5.41) is 11.1. The molecule has 0 radical (unpaired) electrons. The third kappa shape index (κ3) is 4.77. The van der Waals surface area contributed by atoms with Gasteiger partial charge in [0.1, 0.15) is 6.07 Å². The van der Waals surface area contributed by atoms with Gasteiger partial charge in [0.05, 0.1) is 12.4 Å². The van der Waals surface area contributed by atoms with Crippen molar-refractivity contribution in [3.63, 3.8) is 0 Å². The first-order chi connectivity index (χ1) is 18.1. The van der Waals surface area contributed by atoms with Crippen LogP contribution in [0, 0.1) is 11.3 Å². The molecule has 192 valence electrons. The Kier molecular flexibility index (Phi) is 6.49. The van der Waals surface area contributed by atoms with Crippen LogP contribution < -0.4 is 5.43 Å². The molecule has 1 N–H and O–H groups in total. The van der Waals surface area contributed by atoms with Gasteiger partial charge in [-0.1, -0.05) is 25.0 Å². The first-order valence-electron chi connectivity index (χ1n) is 13.3. The predicted molar refractivity (Wildman–Crippen MR) is 139 cm³/mol. The zero-order valence-electron chi connectivity index (χ0n) is 21.3. The number of hydrogen-bond donors (Lipinski definition) is 1. The van der Waals surface area contributed by atoms with Crippen LogP contribution in [0.25, 0.3) is 11.2 Å². The Balaban J connectivity index is 1.17. The number of imidazole rings is 1. The third-order valence-corrected chi connectivity index (χ3v) is 8.00. The molecule has 37 heavy (non-hydrogen) atoms. The van der Waals surface area contributed by atoms with E-state index in [9.17, 15) is 10.1 Å². The maximum absolute atomic E-state index is 13.7. The highest BCUT2D eigenvalue weighted by molar-refractivity contribution is 5.96. The number of aryl methyl sites for hydroxylation is 1. The van der Waals surface area contributed by atoms with Crippen LogP contribution in [0.2, 0.25) is 0 Å². The lowest BCUT2D eigenvalue weighted by molar-refractivity contribution is 0.0423. The van der Waals surface area contributed by atoms with Gasteiger partial charge in [0.15, 0.2) is 17.0 Å². The summed E-state index contributed by atoms with van der Waals surface area (Å²) in [5.74, 6) is 0.321. The lowest BCUT2D eigenvalue weighted by atomic mass is 10.0. The van der Waals surface area contributed by atoms with E-state index in [2.05, 4.69) is 42.3 Å². The van der Waals surface area contributed by atoms with Gasteiger partial charge in [-0.2, -0.15) is 15.2 Å². The number of fused-ring (bicyclic) bond motifs is 1.